The molecule has 0 atom stereocenters. The van der Waals surface area contributed by atoms with E-state index < -0.39 is 0 Å². The monoisotopic (exact) mass is 118 g/mol. The molecule has 2 aliphatic rings. The Kier molecular flexibility index (Phi) is 0.890. The molecule has 1 nitrogen and oxygen atoms in total. The van der Waals surface area contributed by atoms with Crippen molar-refractivity contribution in [2.75, 3.05) is 0 Å². The van der Waals surface area contributed by atoms with Gasteiger partial charge in [-0.15, -0.1) is 0 Å². The molecule has 0 unspecified atom stereocenters. The first-order valence-corrected chi connectivity index (χ1v) is 3.08. The van der Waals surface area contributed by atoms with Gasteiger partial charge in [0.15, 0.2) is 0 Å². The maximum atomic E-state index is 4.15. The zero-order valence-electron chi connectivity index (χ0n) is 6.04. The van der Waals surface area contributed by atoms with E-state index in [0.29, 0.717) is 0 Å². The SMILES string of the molecule is C1=CC2=CC=NC2=CC1.[H+]. The Labute approximate surface area is 55.6 Å². The zero-order valence-corrected chi connectivity index (χ0v) is 5.04. The van der Waals surface area contributed by atoms with E-state index in [4.69, 9.17) is 0 Å². The third-order valence-corrected chi connectivity index (χ3v) is 1.51. The number of allylic oxidation sites excluding steroid dienone is 4. The van der Waals surface area contributed by atoms with Crippen LogP contribution in [-0.2, 0) is 0 Å². The molecule has 1 aliphatic heterocycles. The van der Waals surface area contributed by atoms with Gasteiger partial charge < -0.3 is 0 Å². The summed E-state index contributed by atoms with van der Waals surface area (Å²) in [6, 6.07) is 0. The van der Waals surface area contributed by atoms with Gasteiger partial charge >= 0.3 is 1.43 Å². The summed E-state index contributed by atoms with van der Waals surface area (Å²) < 4.78 is 0. The van der Waals surface area contributed by atoms with Gasteiger partial charge in [-0.2, -0.15) is 0 Å². The van der Waals surface area contributed by atoms with Crippen molar-refractivity contribution in [3.8, 4) is 0 Å². The first-order valence-electron chi connectivity index (χ1n) is 3.08. The van der Waals surface area contributed by atoms with Crippen molar-refractivity contribution in [1.29, 1.82) is 0 Å². The quantitative estimate of drug-likeness (QED) is 0.461. The molecule has 0 aromatic rings. The molecule has 0 aromatic carbocycles. The molecule has 1 heterocycles. The van der Waals surface area contributed by atoms with Gasteiger partial charge in [0, 0.05) is 11.8 Å². The van der Waals surface area contributed by atoms with Gasteiger partial charge in [-0.3, -0.25) is 4.99 Å². The average molecular weight is 118 g/mol. The first-order chi connectivity index (χ1) is 4.47. The second kappa shape index (κ2) is 1.69. The van der Waals surface area contributed by atoms with Crippen LogP contribution in [0.15, 0.2) is 40.6 Å². The van der Waals surface area contributed by atoms with Crippen molar-refractivity contribution >= 4 is 6.21 Å². The van der Waals surface area contributed by atoms with Crippen molar-refractivity contribution in [2.24, 2.45) is 4.99 Å². The van der Waals surface area contributed by atoms with Crippen LogP contribution in [0, 0.1) is 0 Å². The van der Waals surface area contributed by atoms with E-state index >= 15 is 0 Å². The Morgan fingerprint density at radius 2 is 2.56 bits per heavy atom. The van der Waals surface area contributed by atoms with Crippen LogP contribution in [0.5, 0.6) is 0 Å². The lowest BCUT2D eigenvalue weighted by molar-refractivity contribution is 1.24. The fourth-order valence-corrected chi connectivity index (χ4v) is 1.04. The summed E-state index contributed by atoms with van der Waals surface area (Å²) in [5.74, 6) is 0. The van der Waals surface area contributed by atoms with Crippen molar-refractivity contribution in [3.05, 3.63) is 35.6 Å². The molecule has 1 heteroatoms. The number of hydrogen-bond acceptors (Lipinski definition) is 1. The number of fused-ring (bicyclic) bond motifs is 1. The van der Waals surface area contributed by atoms with E-state index in [1.165, 1.54) is 5.57 Å². The van der Waals surface area contributed by atoms with Gasteiger partial charge in [-0.25, -0.2) is 0 Å². The fourth-order valence-electron chi connectivity index (χ4n) is 1.04. The minimum absolute atomic E-state index is 0. The smallest absolute Gasteiger partial charge is 0.257 e. The molecule has 0 saturated heterocycles. The molecular weight excluding hydrogens is 110 g/mol. The Bertz CT molecular complexity index is 246. The van der Waals surface area contributed by atoms with Crippen LogP contribution < -0.4 is 0 Å². The Hall–Kier alpha value is -1.11. The number of nitrogens with zero attached hydrogens (tertiary/aromatic N) is 1. The lowest BCUT2D eigenvalue weighted by Crippen LogP contribution is -1.82. The molecule has 0 bridgehead atoms. The summed E-state index contributed by atoms with van der Waals surface area (Å²) in [7, 11) is 0. The summed E-state index contributed by atoms with van der Waals surface area (Å²) in [6.07, 6.45) is 11.3. The van der Waals surface area contributed by atoms with Crippen molar-refractivity contribution < 1.29 is 1.43 Å². The van der Waals surface area contributed by atoms with Gasteiger partial charge in [0.25, 0.3) is 0 Å². The molecule has 0 fully saturated rings. The van der Waals surface area contributed by atoms with E-state index in [0.717, 1.165) is 12.1 Å². The van der Waals surface area contributed by atoms with Gasteiger partial charge in [-0.1, -0.05) is 18.2 Å². The first kappa shape index (κ1) is 4.74. The van der Waals surface area contributed by atoms with E-state index in [-0.39, 0.29) is 1.43 Å². The summed E-state index contributed by atoms with van der Waals surface area (Å²) in [5, 5.41) is 0. The van der Waals surface area contributed by atoms with Crippen LogP contribution in [0.1, 0.15) is 7.85 Å². The van der Waals surface area contributed by atoms with Crippen LogP contribution >= 0.6 is 0 Å². The Balaban J connectivity index is 0.000000500. The molecule has 0 spiro atoms. The summed E-state index contributed by atoms with van der Waals surface area (Å²) in [6.45, 7) is 0. The minimum Gasteiger partial charge on any atom is -0.257 e. The van der Waals surface area contributed by atoms with Crippen LogP contribution in [-0.4, -0.2) is 6.21 Å². The van der Waals surface area contributed by atoms with E-state index in [1.807, 2.05) is 12.3 Å². The molecule has 9 heavy (non-hydrogen) atoms. The van der Waals surface area contributed by atoms with Crippen LogP contribution in [0.2, 0.25) is 0 Å². The Morgan fingerprint density at radius 1 is 1.56 bits per heavy atom. The van der Waals surface area contributed by atoms with E-state index in [1.54, 1.807) is 0 Å². The highest BCUT2D eigenvalue weighted by Crippen LogP contribution is 2.21. The van der Waals surface area contributed by atoms with Crippen molar-refractivity contribution in [1.82, 2.24) is 0 Å². The fraction of sp³-hybridized carbons (Fsp3) is 0.125. The van der Waals surface area contributed by atoms with E-state index in [2.05, 4.69) is 23.2 Å². The van der Waals surface area contributed by atoms with Crippen molar-refractivity contribution in [2.45, 2.75) is 6.42 Å². The normalized spacial score (nSPS) is 21.3. The summed E-state index contributed by atoms with van der Waals surface area (Å²) in [4.78, 5) is 4.15. The molecular formula is C8H8N+. The third-order valence-electron chi connectivity index (χ3n) is 1.51. The largest absolute Gasteiger partial charge is 1.00 e. The molecule has 0 radical (unpaired) electrons. The standard InChI is InChI=1S/C8H7N/c1-2-4-8-7(3-1)5-6-9-8/h1,3-6H,2H2/p+1. The number of aliphatic imine (C=N–C) groups is 1. The maximum absolute atomic E-state index is 4.15. The minimum atomic E-state index is 0. The molecule has 1 aliphatic carbocycles. The van der Waals surface area contributed by atoms with Gasteiger partial charge in [0.1, 0.15) is 0 Å². The molecule has 0 amide bonds. The molecule has 0 N–H and O–H groups in total. The van der Waals surface area contributed by atoms with Gasteiger partial charge in [-0.05, 0) is 12.5 Å². The lowest BCUT2D eigenvalue weighted by atomic mass is 10.1. The van der Waals surface area contributed by atoms with Gasteiger partial charge in [0.05, 0.1) is 5.70 Å². The lowest BCUT2D eigenvalue weighted by Gasteiger charge is -2.00. The second-order valence-electron chi connectivity index (χ2n) is 2.13. The molecule has 0 aromatic heterocycles. The zero-order chi connectivity index (χ0) is 6.10. The highest BCUT2D eigenvalue weighted by Gasteiger charge is 2.05. The average Bonchev–Trinajstić information content (AvgIpc) is 2.33. The maximum Gasteiger partial charge on any atom is 1.00 e. The van der Waals surface area contributed by atoms with Gasteiger partial charge in [0.2, 0.25) is 0 Å². The highest BCUT2D eigenvalue weighted by molar-refractivity contribution is 5.81. The molecule has 2 rings (SSSR count). The van der Waals surface area contributed by atoms with E-state index in [9.17, 15) is 0 Å². The Morgan fingerprint density at radius 3 is 3.44 bits per heavy atom. The number of rotatable bonds is 0. The molecule has 44 valence electrons. The number of hydrogen-bond donors (Lipinski definition) is 0. The summed E-state index contributed by atoms with van der Waals surface area (Å²) >= 11 is 0. The van der Waals surface area contributed by atoms with Crippen LogP contribution in [0.3, 0.4) is 0 Å². The third kappa shape index (κ3) is 0.653. The molecule has 0 saturated carbocycles. The summed E-state index contributed by atoms with van der Waals surface area (Å²) in [5.41, 5.74) is 2.39. The van der Waals surface area contributed by atoms with Crippen LogP contribution in [0.4, 0.5) is 0 Å². The topological polar surface area (TPSA) is 12.4 Å². The van der Waals surface area contributed by atoms with Crippen LogP contribution in [0.25, 0.3) is 0 Å². The highest BCUT2D eigenvalue weighted by atomic mass is 14.8. The second-order valence-corrected chi connectivity index (χ2v) is 2.13. The van der Waals surface area contributed by atoms with Crippen molar-refractivity contribution in [3.63, 3.8) is 0 Å². The predicted octanol–water partition coefficient (Wildman–Crippen LogP) is 1.95. The predicted molar refractivity (Wildman–Crippen MR) is 39.5 cm³/mol.